The summed E-state index contributed by atoms with van der Waals surface area (Å²) in [5, 5.41) is 0. The van der Waals surface area contributed by atoms with Crippen molar-refractivity contribution >= 4 is 11.7 Å². The number of hydrogen-bond acceptors (Lipinski definition) is 5. The summed E-state index contributed by atoms with van der Waals surface area (Å²) in [5.74, 6) is 2.37. The second-order valence-electron chi connectivity index (χ2n) is 6.81. The summed E-state index contributed by atoms with van der Waals surface area (Å²) < 4.78 is 0. The number of aromatic nitrogens is 2. The van der Waals surface area contributed by atoms with Gasteiger partial charge in [-0.15, -0.1) is 0 Å². The van der Waals surface area contributed by atoms with E-state index in [0.717, 1.165) is 38.4 Å². The van der Waals surface area contributed by atoms with Gasteiger partial charge in [0.2, 0.25) is 5.91 Å². The van der Waals surface area contributed by atoms with Gasteiger partial charge in [0, 0.05) is 44.6 Å². The molecule has 4 rings (SSSR count). The first kappa shape index (κ1) is 13.9. The highest BCUT2D eigenvalue weighted by atomic mass is 16.2. The van der Waals surface area contributed by atoms with Crippen LogP contribution in [0.4, 0.5) is 5.82 Å². The molecule has 1 aliphatic heterocycles. The summed E-state index contributed by atoms with van der Waals surface area (Å²) in [6.07, 6.45) is 8.74. The van der Waals surface area contributed by atoms with Gasteiger partial charge in [-0.05, 0) is 31.1 Å². The number of rotatable bonds is 2. The van der Waals surface area contributed by atoms with E-state index < -0.39 is 0 Å². The highest BCUT2D eigenvalue weighted by Crippen LogP contribution is 2.48. The molecule has 118 valence electrons. The van der Waals surface area contributed by atoms with Crippen LogP contribution < -0.4 is 10.6 Å². The lowest BCUT2D eigenvalue weighted by Crippen LogP contribution is -2.54. The Labute approximate surface area is 130 Å². The Balaban J connectivity index is 1.38. The van der Waals surface area contributed by atoms with Gasteiger partial charge in [-0.25, -0.2) is 4.98 Å². The number of fused-ring (bicyclic) bond motifs is 2. The quantitative estimate of drug-likeness (QED) is 0.861. The molecule has 6 heteroatoms. The fourth-order valence-corrected chi connectivity index (χ4v) is 4.52. The zero-order chi connectivity index (χ0) is 15.1. The van der Waals surface area contributed by atoms with Gasteiger partial charge < -0.3 is 15.5 Å². The van der Waals surface area contributed by atoms with E-state index in [0.29, 0.717) is 17.7 Å². The second kappa shape index (κ2) is 5.50. The van der Waals surface area contributed by atoms with Crippen molar-refractivity contribution in [3.05, 3.63) is 18.6 Å². The molecular weight excluding hydrogens is 278 g/mol. The summed E-state index contributed by atoms with van der Waals surface area (Å²) in [7, 11) is 0. The molecule has 3 fully saturated rings. The van der Waals surface area contributed by atoms with E-state index in [1.165, 1.54) is 12.8 Å². The molecule has 3 aliphatic rings. The standard InChI is InChI=1S/C16H23N5O/c17-15-12-2-1-11(9-12)14(15)16(22)21-7-5-20(6-8-21)13-10-18-3-4-19-13/h3-4,10-12,14-15H,1-2,5-9,17H2. The van der Waals surface area contributed by atoms with Crippen molar-refractivity contribution in [1.82, 2.24) is 14.9 Å². The molecule has 2 heterocycles. The van der Waals surface area contributed by atoms with E-state index in [1.54, 1.807) is 18.6 Å². The van der Waals surface area contributed by atoms with E-state index in [1.807, 2.05) is 4.90 Å². The number of carbonyl (C=O) groups is 1. The summed E-state index contributed by atoms with van der Waals surface area (Å²) in [6.45, 7) is 3.16. The summed E-state index contributed by atoms with van der Waals surface area (Å²) in [5.41, 5.74) is 6.31. The molecule has 4 atom stereocenters. The summed E-state index contributed by atoms with van der Waals surface area (Å²) >= 11 is 0. The molecule has 0 aromatic carbocycles. The molecule has 22 heavy (non-hydrogen) atoms. The van der Waals surface area contributed by atoms with Crippen LogP contribution in [0.2, 0.25) is 0 Å². The Morgan fingerprint density at radius 1 is 1.14 bits per heavy atom. The predicted octanol–water partition coefficient (Wildman–Crippen LogP) is 0.499. The molecule has 0 spiro atoms. The number of piperazine rings is 1. The maximum atomic E-state index is 12.8. The van der Waals surface area contributed by atoms with Crippen molar-refractivity contribution in [3.63, 3.8) is 0 Å². The van der Waals surface area contributed by atoms with Gasteiger partial charge in [0.1, 0.15) is 5.82 Å². The van der Waals surface area contributed by atoms with Crippen LogP contribution in [-0.4, -0.2) is 53.0 Å². The molecule has 6 nitrogen and oxygen atoms in total. The minimum absolute atomic E-state index is 0.0711. The van der Waals surface area contributed by atoms with Gasteiger partial charge in [0.15, 0.2) is 0 Å². The van der Waals surface area contributed by atoms with Crippen molar-refractivity contribution in [3.8, 4) is 0 Å². The smallest absolute Gasteiger partial charge is 0.227 e. The minimum Gasteiger partial charge on any atom is -0.352 e. The number of nitrogens with zero attached hydrogens (tertiary/aromatic N) is 4. The molecule has 2 saturated carbocycles. The predicted molar refractivity (Wildman–Crippen MR) is 83.1 cm³/mol. The molecule has 1 aromatic heterocycles. The minimum atomic E-state index is 0.0711. The Kier molecular flexibility index (Phi) is 3.48. The number of carbonyl (C=O) groups excluding carboxylic acids is 1. The maximum absolute atomic E-state index is 12.8. The summed E-state index contributed by atoms with van der Waals surface area (Å²) in [4.78, 5) is 25.5. The number of nitrogens with two attached hydrogens (primary N) is 1. The summed E-state index contributed by atoms with van der Waals surface area (Å²) in [6, 6.07) is 0.0873. The molecule has 2 aliphatic carbocycles. The van der Waals surface area contributed by atoms with Crippen molar-refractivity contribution in [2.45, 2.75) is 25.3 Å². The largest absolute Gasteiger partial charge is 0.352 e. The number of hydrogen-bond donors (Lipinski definition) is 1. The monoisotopic (exact) mass is 301 g/mol. The number of anilines is 1. The zero-order valence-corrected chi connectivity index (χ0v) is 12.8. The van der Waals surface area contributed by atoms with Crippen molar-refractivity contribution in [2.75, 3.05) is 31.1 Å². The lowest BCUT2D eigenvalue weighted by Gasteiger charge is -2.38. The van der Waals surface area contributed by atoms with Gasteiger partial charge in [0.05, 0.1) is 12.1 Å². The normalized spacial score (nSPS) is 34.2. The molecule has 1 amide bonds. The topological polar surface area (TPSA) is 75.4 Å². The first-order chi connectivity index (χ1) is 10.7. The highest BCUT2D eigenvalue weighted by molar-refractivity contribution is 5.81. The molecule has 1 aromatic rings. The van der Waals surface area contributed by atoms with E-state index in [-0.39, 0.29) is 12.0 Å². The molecule has 0 radical (unpaired) electrons. The van der Waals surface area contributed by atoms with Crippen molar-refractivity contribution < 1.29 is 4.79 Å². The first-order valence-corrected chi connectivity index (χ1v) is 8.29. The molecule has 2 N–H and O–H groups in total. The van der Waals surface area contributed by atoms with Crippen LogP contribution >= 0.6 is 0 Å². The average molecular weight is 301 g/mol. The van der Waals surface area contributed by atoms with Gasteiger partial charge in [-0.2, -0.15) is 0 Å². The van der Waals surface area contributed by atoms with Crippen LogP contribution in [0.5, 0.6) is 0 Å². The van der Waals surface area contributed by atoms with Crippen molar-refractivity contribution in [2.24, 2.45) is 23.5 Å². The molecular formula is C16H23N5O. The molecule has 1 saturated heterocycles. The average Bonchev–Trinajstić information content (AvgIpc) is 3.16. The third-order valence-electron chi connectivity index (χ3n) is 5.73. The Bertz CT molecular complexity index is 541. The van der Waals surface area contributed by atoms with E-state index in [4.69, 9.17) is 5.73 Å². The van der Waals surface area contributed by atoms with Gasteiger partial charge >= 0.3 is 0 Å². The van der Waals surface area contributed by atoms with Crippen LogP contribution in [0.25, 0.3) is 0 Å². The SMILES string of the molecule is NC1C2CCC(C2)C1C(=O)N1CCN(c2cnccn2)CC1. The zero-order valence-electron chi connectivity index (χ0n) is 12.8. The second-order valence-corrected chi connectivity index (χ2v) is 6.81. The lowest BCUT2D eigenvalue weighted by atomic mass is 9.84. The van der Waals surface area contributed by atoms with E-state index in [9.17, 15) is 4.79 Å². The fraction of sp³-hybridized carbons (Fsp3) is 0.688. The molecule has 4 unspecified atom stereocenters. The van der Waals surface area contributed by atoms with Crippen LogP contribution in [0.15, 0.2) is 18.6 Å². The van der Waals surface area contributed by atoms with Gasteiger partial charge in [-0.1, -0.05) is 0 Å². The Hall–Kier alpha value is -1.69. The third kappa shape index (κ3) is 2.26. The highest BCUT2D eigenvalue weighted by Gasteiger charge is 2.50. The molecule has 2 bridgehead atoms. The van der Waals surface area contributed by atoms with Crippen LogP contribution in [-0.2, 0) is 4.79 Å². The van der Waals surface area contributed by atoms with Crippen LogP contribution in [0.1, 0.15) is 19.3 Å². The van der Waals surface area contributed by atoms with Gasteiger partial charge in [0.25, 0.3) is 0 Å². The third-order valence-corrected chi connectivity index (χ3v) is 5.73. The fourth-order valence-electron chi connectivity index (χ4n) is 4.52. The Morgan fingerprint density at radius 3 is 2.55 bits per heavy atom. The Morgan fingerprint density at radius 2 is 1.91 bits per heavy atom. The first-order valence-electron chi connectivity index (χ1n) is 8.29. The van der Waals surface area contributed by atoms with Gasteiger partial charge in [-0.3, -0.25) is 9.78 Å². The maximum Gasteiger partial charge on any atom is 0.227 e. The van der Waals surface area contributed by atoms with Crippen molar-refractivity contribution in [1.29, 1.82) is 0 Å². The lowest BCUT2D eigenvalue weighted by molar-refractivity contribution is -0.138. The number of amides is 1. The van der Waals surface area contributed by atoms with E-state index in [2.05, 4.69) is 14.9 Å². The van der Waals surface area contributed by atoms with Crippen LogP contribution in [0.3, 0.4) is 0 Å². The van der Waals surface area contributed by atoms with Crippen LogP contribution in [0, 0.1) is 17.8 Å². The van der Waals surface area contributed by atoms with E-state index >= 15 is 0 Å².